The second-order valence-corrected chi connectivity index (χ2v) is 5.47. The predicted molar refractivity (Wildman–Crippen MR) is 87.3 cm³/mol. The van der Waals surface area contributed by atoms with Crippen LogP contribution in [0, 0.1) is 6.92 Å². The van der Waals surface area contributed by atoms with Gasteiger partial charge in [0.1, 0.15) is 17.8 Å². The molecule has 2 aromatic rings. The minimum Gasteiger partial charge on any atom is -0.378 e. The summed E-state index contributed by atoms with van der Waals surface area (Å²) < 4.78 is 5.27. The van der Waals surface area contributed by atoms with Crippen molar-refractivity contribution >= 4 is 11.7 Å². The average Bonchev–Trinajstić information content (AvgIpc) is 2.61. The van der Waals surface area contributed by atoms with E-state index in [0.717, 1.165) is 0 Å². The first-order valence-corrected chi connectivity index (χ1v) is 7.71. The normalized spacial score (nSPS) is 14.6. The molecule has 6 nitrogen and oxygen atoms in total. The zero-order valence-corrected chi connectivity index (χ0v) is 13.2. The number of carbonyl (C=O) groups excluding carboxylic acids is 1. The summed E-state index contributed by atoms with van der Waals surface area (Å²) in [5.41, 5.74) is 2.83. The number of nitrogens with zero attached hydrogens (tertiary/aromatic N) is 3. The topological polar surface area (TPSA) is 67.4 Å². The molecule has 1 amide bonds. The molecule has 0 bridgehead atoms. The number of nitrogens with one attached hydrogen (secondary N) is 1. The lowest BCUT2D eigenvalue weighted by molar-refractivity contribution is 0.0299. The van der Waals surface area contributed by atoms with E-state index in [1.165, 1.54) is 17.5 Å². The van der Waals surface area contributed by atoms with E-state index in [4.69, 9.17) is 4.74 Å². The molecule has 6 heteroatoms. The molecule has 0 radical (unpaired) electrons. The third kappa shape index (κ3) is 3.84. The number of hydrogen-bond donors (Lipinski definition) is 1. The van der Waals surface area contributed by atoms with Gasteiger partial charge in [0, 0.05) is 25.7 Å². The van der Waals surface area contributed by atoms with Crippen molar-refractivity contribution in [2.75, 3.05) is 31.6 Å². The van der Waals surface area contributed by atoms with Gasteiger partial charge >= 0.3 is 0 Å². The number of benzene rings is 1. The zero-order chi connectivity index (χ0) is 16.1. The number of amides is 1. The fraction of sp³-hybridized carbons (Fsp3) is 0.353. The van der Waals surface area contributed by atoms with Crippen LogP contribution in [0.2, 0.25) is 0 Å². The van der Waals surface area contributed by atoms with Crippen molar-refractivity contribution in [3.63, 3.8) is 0 Å². The number of morpholine rings is 1. The molecular formula is C17H20N4O2. The molecule has 1 aromatic heterocycles. The zero-order valence-electron chi connectivity index (χ0n) is 13.2. The van der Waals surface area contributed by atoms with Crippen LogP contribution in [-0.2, 0) is 11.3 Å². The molecule has 1 saturated heterocycles. The van der Waals surface area contributed by atoms with Crippen molar-refractivity contribution in [2.24, 2.45) is 0 Å². The molecule has 1 aliphatic rings. The summed E-state index contributed by atoms with van der Waals surface area (Å²) >= 11 is 0. The largest absolute Gasteiger partial charge is 0.378 e. The number of hydrogen-bond acceptors (Lipinski definition) is 5. The Bertz CT molecular complexity index is 684. The molecule has 0 spiro atoms. The van der Waals surface area contributed by atoms with Crippen molar-refractivity contribution < 1.29 is 9.53 Å². The monoisotopic (exact) mass is 312 g/mol. The molecule has 120 valence electrons. The summed E-state index contributed by atoms with van der Waals surface area (Å²) in [7, 11) is 0. The Balaban J connectivity index is 1.67. The maximum absolute atomic E-state index is 12.4. The standard InChI is InChI=1S/C17H20N4O2/c1-13-4-2-3-5-14(13)11-18-16-10-15(19-12-20-16)17(22)21-6-8-23-9-7-21/h2-5,10,12H,6-9,11H2,1H3,(H,18,19,20). The fourth-order valence-corrected chi connectivity index (χ4v) is 2.49. The van der Waals surface area contributed by atoms with Crippen LogP contribution in [0.25, 0.3) is 0 Å². The van der Waals surface area contributed by atoms with Crippen LogP contribution in [0.15, 0.2) is 36.7 Å². The maximum Gasteiger partial charge on any atom is 0.272 e. The Labute approximate surface area is 135 Å². The van der Waals surface area contributed by atoms with E-state index in [-0.39, 0.29) is 5.91 Å². The van der Waals surface area contributed by atoms with E-state index >= 15 is 0 Å². The highest BCUT2D eigenvalue weighted by molar-refractivity contribution is 5.92. The molecule has 2 heterocycles. The Morgan fingerprint density at radius 3 is 2.83 bits per heavy atom. The summed E-state index contributed by atoms with van der Waals surface area (Å²) in [5, 5.41) is 3.25. The first-order valence-electron chi connectivity index (χ1n) is 7.71. The van der Waals surface area contributed by atoms with E-state index in [0.29, 0.717) is 44.4 Å². The van der Waals surface area contributed by atoms with Gasteiger partial charge in [-0.05, 0) is 18.1 Å². The molecule has 1 aromatic carbocycles. The molecule has 1 fully saturated rings. The highest BCUT2D eigenvalue weighted by Gasteiger charge is 2.20. The maximum atomic E-state index is 12.4. The molecule has 23 heavy (non-hydrogen) atoms. The van der Waals surface area contributed by atoms with Gasteiger partial charge in [0.2, 0.25) is 0 Å². The predicted octanol–water partition coefficient (Wildman–Crippen LogP) is 1.87. The van der Waals surface area contributed by atoms with Gasteiger partial charge in [-0.2, -0.15) is 0 Å². The first-order chi connectivity index (χ1) is 11.2. The van der Waals surface area contributed by atoms with Crippen molar-refractivity contribution in [1.29, 1.82) is 0 Å². The summed E-state index contributed by atoms with van der Waals surface area (Å²) in [6.07, 6.45) is 1.42. The minimum absolute atomic E-state index is 0.0744. The van der Waals surface area contributed by atoms with Crippen LogP contribution >= 0.6 is 0 Å². The van der Waals surface area contributed by atoms with Crippen LogP contribution in [0.5, 0.6) is 0 Å². The lowest BCUT2D eigenvalue weighted by Crippen LogP contribution is -2.41. The van der Waals surface area contributed by atoms with Gasteiger partial charge in [-0.1, -0.05) is 24.3 Å². The third-order valence-corrected chi connectivity index (χ3v) is 3.91. The van der Waals surface area contributed by atoms with E-state index in [2.05, 4.69) is 34.3 Å². The fourth-order valence-electron chi connectivity index (χ4n) is 2.49. The van der Waals surface area contributed by atoms with Crippen molar-refractivity contribution in [1.82, 2.24) is 14.9 Å². The van der Waals surface area contributed by atoms with E-state index < -0.39 is 0 Å². The number of aryl methyl sites for hydroxylation is 1. The van der Waals surface area contributed by atoms with Gasteiger partial charge in [-0.15, -0.1) is 0 Å². The van der Waals surface area contributed by atoms with Gasteiger partial charge in [0.15, 0.2) is 0 Å². The van der Waals surface area contributed by atoms with Gasteiger partial charge < -0.3 is 15.0 Å². The summed E-state index contributed by atoms with van der Waals surface area (Å²) in [6, 6.07) is 9.88. The Hall–Kier alpha value is -2.47. The SMILES string of the molecule is Cc1ccccc1CNc1cc(C(=O)N2CCOCC2)ncn1. The average molecular weight is 312 g/mol. The van der Waals surface area contributed by atoms with E-state index in [1.54, 1.807) is 11.0 Å². The quantitative estimate of drug-likeness (QED) is 0.933. The van der Waals surface area contributed by atoms with E-state index in [9.17, 15) is 4.79 Å². The Morgan fingerprint density at radius 2 is 2.04 bits per heavy atom. The molecule has 1 aliphatic heterocycles. The Kier molecular flexibility index (Phi) is 4.83. The van der Waals surface area contributed by atoms with Crippen LogP contribution in [0.1, 0.15) is 21.6 Å². The summed E-state index contributed by atoms with van der Waals surface area (Å²) in [6.45, 7) is 5.10. The lowest BCUT2D eigenvalue weighted by Gasteiger charge is -2.26. The number of carbonyl (C=O) groups is 1. The number of ether oxygens (including phenoxy) is 1. The van der Waals surface area contributed by atoms with Crippen molar-refractivity contribution in [3.05, 3.63) is 53.5 Å². The Morgan fingerprint density at radius 1 is 1.26 bits per heavy atom. The van der Waals surface area contributed by atoms with Crippen LogP contribution in [0.3, 0.4) is 0 Å². The number of aromatic nitrogens is 2. The second-order valence-electron chi connectivity index (χ2n) is 5.47. The van der Waals surface area contributed by atoms with E-state index in [1.807, 2.05) is 12.1 Å². The number of rotatable bonds is 4. The molecule has 3 rings (SSSR count). The molecular weight excluding hydrogens is 292 g/mol. The van der Waals surface area contributed by atoms with Gasteiger partial charge in [-0.3, -0.25) is 4.79 Å². The highest BCUT2D eigenvalue weighted by Crippen LogP contribution is 2.12. The van der Waals surface area contributed by atoms with Crippen LogP contribution in [0.4, 0.5) is 5.82 Å². The van der Waals surface area contributed by atoms with Gasteiger partial charge in [-0.25, -0.2) is 9.97 Å². The van der Waals surface area contributed by atoms with Crippen LogP contribution < -0.4 is 5.32 Å². The minimum atomic E-state index is -0.0744. The van der Waals surface area contributed by atoms with Gasteiger partial charge in [0.05, 0.1) is 13.2 Å². The molecule has 1 N–H and O–H groups in total. The van der Waals surface area contributed by atoms with Crippen LogP contribution in [-0.4, -0.2) is 47.1 Å². The first kappa shape index (κ1) is 15.4. The van der Waals surface area contributed by atoms with Crippen molar-refractivity contribution in [3.8, 4) is 0 Å². The summed E-state index contributed by atoms with van der Waals surface area (Å²) in [5.74, 6) is 0.578. The highest BCUT2D eigenvalue weighted by atomic mass is 16.5. The summed E-state index contributed by atoms with van der Waals surface area (Å²) in [4.78, 5) is 22.5. The second kappa shape index (κ2) is 7.19. The molecule has 0 aliphatic carbocycles. The molecule has 0 atom stereocenters. The lowest BCUT2D eigenvalue weighted by atomic mass is 10.1. The smallest absolute Gasteiger partial charge is 0.272 e. The third-order valence-electron chi connectivity index (χ3n) is 3.91. The molecule has 0 unspecified atom stereocenters. The number of anilines is 1. The molecule has 0 saturated carbocycles. The van der Waals surface area contributed by atoms with Gasteiger partial charge in [0.25, 0.3) is 5.91 Å². The van der Waals surface area contributed by atoms with Crippen molar-refractivity contribution in [2.45, 2.75) is 13.5 Å².